The number of carboxylic acids is 1. The summed E-state index contributed by atoms with van der Waals surface area (Å²) in [7, 11) is -3.50. The highest BCUT2D eigenvalue weighted by Crippen LogP contribution is 2.28. The average molecular weight is 250 g/mol. The van der Waals surface area contributed by atoms with E-state index in [1.165, 1.54) is 4.31 Å². The van der Waals surface area contributed by atoms with Crippen LogP contribution < -0.4 is 4.72 Å². The molecule has 1 aliphatic carbocycles. The number of nitrogens with one attached hydrogen (secondary N) is 1. The second-order valence-electron chi connectivity index (χ2n) is 3.89. The Labute approximate surface area is 95.8 Å². The van der Waals surface area contributed by atoms with Crippen LogP contribution in [0.1, 0.15) is 32.6 Å². The second kappa shape index (κ2) is 5.60. The lowest BCUT2D eigenvalue weighted by Gasteiger charge is -2.21. The zero-order valence-corrected chi connectivity index (χ0v) is 10.2. The van der Waals surface area contributed by atoms with Gasteiger partial charge in [0.05, 0.1) is 6.42 Å². The van der Waals surface area contributed by atoms with Crippen LogP contribution in [0, 0.1) is 0 Å². The summed E-state index contributed by atoms with van der Waals surface area (Å²) in [5, 5.41) is 8.56. The molecule has 7 heteroatoms. The average Bonchev–Trinajstić information content (AvgIpc) is 2.98. The fourth-order valence-corrected chi connectivity index (χ4v) is 2.94. The predicted molar refractivity (Wildman–Crippen MR) is 59.2 cm³/mol. The fourth-order valence-electron chi connectivity index (χ4n) is 1.38. The molecular weight excluding hydrogens is 232 g/mol. The Bertz CT molecular complexity index is 337. The van der Waals surface area contributed by atoms with Gasteiger partial charge in [-0.25, -0.2) is 4.72 Å². The van der Waals surface area contributed by atoms with E-state index >= 15 is 0 Å². The molecule has 0 amide bonds. The third kappa shape index (κ3) is 4.07. The van der Waals surface area contributed by atoms with Crippen molar-refractivity contribution in [3.8, 4) is 0 Å². The van der Waals surface area contributed by atoms with E-state index in [1.54, 1.807) is 0 Å². The molecule has 0 unspecified atom stereocenters. The first kappa shape index (κ1) is 13.4. The van der Waals surface area contributed by atoms with E-state index in [1.807, 2.05) is 6.92 Å². The molecule has 0 spiro atoms. The van der Waals surface area contributed by atoms with Gasteiger partial charge in [0.25, 0.3) is 10.2 Å². The molecule has 0 bridgehead atoms. The Balaban J connectivity index is 2.57. The van der Waals surface area contributed by atoms with Crippen LogP contribution in [-0.4, -0.2) is 42.9 Å². The number of hydrogen-bond acceptors (Lipinski definition) is 3. The van der Waals surface area contributed by atoms with E-state index in [4.69, 9.17) is 5.11 Å². The predicted octanol–water partition coefficient (Wildman–Crippen LogP) is 0.170. The first-order chi connectivity index (χ1) is 7.47. The van der Waals surface area contributed by atoms with E-state index in [-0.39, 0.29) is 19.0 Å². The fraction of sp³-hybridized carbons (Fsp3) is 0.889. The first-order valence-corrected chi connectivity index (χ1v) is 6.89. The Kier molecular flexibility index (Phi) is 4.69. The van der Waals surface area contributed by atoms with Gasteiger partial charge in [-0.05, 0) is 19.3 Å². The van der Waals surface area contributed by atoms with Crippen LogP contribution in [-0.2, 0) is 15.0 Å². The maximum Gasteiger partial charge on any atom is 0.304 e. The second-order valence-corrected chi connectivity index (χ2v) is 5.59. The molecule has 0 atom stereocenters. The Morgan fingerprint density at radius 3 is 2.56 bits per heavy atom. The minimum Gasteiger partial charge on any atom is -0.481 e. The zero-order chi connectivity index (χ0) is 12.2. The highest BCUT2D eigenvalue weighted by molar-refractivity contribution is 7.87. The van der Waals surface area contributed by atoms with E-state index in [0.29, 0.717) is 6.54 Å². The molecule has 6 nitrogen and oxygen atoms in total. The first-order valence-electron chi connectivity index (χ1n) is 5.45. The normalized spacial score (nSPS) is 16.6. The summed E-state index contributed by atoms with van der Waals surface area (Å²) in [6.07, 6.45) is 2.22. The molecular formula is C9H18N2O4S. The Hall–Kier alpha value is -0.660. The van der Waals surface area contributed by atoms with Crippen LogP contribution in [0.4, 0.5) is 0 Å². The molecule has 0 aromatic heterocycles. The molecule has 16 heavy (non-hydrogen) atoms. The minimum absolute atomic E-state index is 0.00583. The molecule has 1 saturated carbocycles. The van der Waals surface area contributed by atoms with Crippen molar-refractivity contribution in [2.45, 2.75) is 38.6 Å². The van der Waals surface area contributed by atoms with Crippen molar-refractivity contribution in [3.05, 3.63) is 0 Å². The van der Waals surface area contributed by atoms with Gasteiger partial charge in [-0.3, -0.25) is 4.79 Å². The number of carboxylic acid groups (broad SMARTS) is 1. The van der Waals surface area contributed by atoms with Gasteiger partial charge < -0.3 is 5.11 Å². The third-order valence-corrected chi connectivity index (χ3v) is 4.01. The largest absolute Gasteiger partial charge is 0.481 e. The highest BCUT2D eigenvalue weighted by Gasteiger charge is 2.36. The Morgan fingerprint density at radius 1 is 1.50 bits per heavy atom. The molecule has 2 N–H and O–H groups in total. The molecule has 0 radical (unpaired) electrons. The smallest absolute Gasteiger partial charge is 0.304 e. The summed E-state index contributed by atoms with van der Waals surface area (Å²) < 4.78 is 27.3. The van der Waals surface area contributed by atoms with Crippen molar-refractivity contribution in [3.63, 3.8) is 0 Å². The van der Waals surface area contributed by atoms with Crippen LogP contribution in [0.5, 0.6) is 0 Å². The van der Waals surface area contributed by atoms with E-state index in [0.717, 1.165) is 19.3 Å². The van der Waals surface area contributed by atoms with Crippen LogP contribution in [0.15, 0.2) is 0 Å². The monoisotopic (exact) mass is 250 g/mol. The zero-order valence-electron chi connectivity index (χ0n) is 9.35. The summed E-state index contributed by atoms with van der Waals surface area (Å²) in [6.45, 7) is 2.32. The van der Waals surface area contributed by atoms with Gasteiger partial charge in [0.15, 0.2) is 0 Å². The van der Waals surface area contributed by atoms with Gasteiger partial charge in [0, 0.05) is 19.1 Å². The number of aliphatic carboxylic acids is 1. The van der Waals surface area contributed by atoms with Crippen LogP contribution in [0.3, 0.4) is 0 Å². The molecule has 0 heterocycles. The number of carbonyl (C=O) groups is 1. The van der Waals surface area contributed by atoms with Crippen molar-refractivity contribution in [2.24, 2.45) is 0 Å². The standard InChI is InChI=1S/C9H18N2O4S/c1-2-6-10-16(14,15)11(8-3-4-8)7-5-9(12)13/h8,10H,2-7H2,1H3,(H,12,13). The summed E-state index contributed by atoms with van der Waals surface area (Å²) >= 11 is 0. The van der Waals surface area contributed by atoms with Crippen molar-refractivity contribution in [1.29, 1.82) is 0 Å². The van der Waals surface area contributed by atoms with Gasteiger partial charge in [0.1, 0.15) is 0 Å². The number of nitrogens with zero attached hydrogens (tertiary/aromatic N) is 1. The lowest BCUT2D eigenvalue weighted by atomic mass is 10.4. The molecule has 1 rings (SSSR count). The molecule has 1 fully saturated rings. The maximum atomic E-state index is 11.8. The third-order valence-electron chi connectivity index (χ3n) is 2.34. The maximum absolute atomic E-state index is 11.8. The van der Waals surface area contributed by atoms with Gasteiger partial charge in [-0.1, -0.05) is 6.92 Å². The van der Waals surface area contributed by atoms with Gasteiger partial charge in [-0.2, -0.15) is 12.7 Å². The van der Waals surface area contributed by atoms with Crippen LogP contribution >= 0.6 is 0 Å². The van der Waals surface area contributed by atoms with Gasteiger partial charge in [0.2, 0.25) is 0 Å². The quantitative estimate of drug-likeness (QED) is 0.643. The lowest BCUT2D eigenvalue weighted by Crippen LogP contribution is -2.43. The van der Waals surface area contributed by atoms with Crippen molar-refractivity contribution < 1.29 is 18.3 Å². The molecule has 0 aliphatic heterocycles. The minimum atomic E-state index is -3.50. The van der Waals surface area contributed by atoms with E-state index < -0.39 is 16.2 Å². The lowest BCUT2D eigenvalue weighted by molar-refractivity contribution is -0.137. The Morgan fingerprint density at radius 2 is 2.12 bits per heavy atom. The summed E-state index contributed by atoms with van der Waals surface area (Å²) in [4.78, 5) is 10.4. The molecule has 0 aromatic carbocycles. The SMILES string of the molecule is CCCNS(=O)(=O)N(CCC(=O)O)C1CC1. The number of rotatable bonds is 8. The molecule has 94 valence electrons. The topological polar surface area (TPSA) is 86.7 Å². The van der Waals surface area contributed by atoms with Crippen LogP contribution in [0.25, 0.3) is 0 Å². The molecule has 0 saturated heterocycles. The molecule has 1 aliphatic rings. The van der Waals surface area contributed by atoms with Crippen molar-refractivity contribution in [2.75, 3.05) is 13.1 Å². The summed E-state index contributed by atoms with van der Waals surface area (Å²) in [6, 6.07) is -0.00583. The van der Waals surface area contributed by atoms with Gasteiger partial charge in [-0.15, -0.1) is 0 Å². The van der Waals surface area contributed by atoms with E-state index in [9.17, 15) is 13.2 Å². The highest BCUT2D eigenvalue weighted by atomic mass is 32.2. The van der Waals surface area contributed by atoms with E-state index in [2.05, 4.69) is 4.72 Å². The summed E-state index contributed by atoms with van der Waals surface area (Å²) in [5.41, 5.74) is 0. The van der Waals surface area contributed by atoms with Gasteiger partial charge >= 0.3 is 5.97 Å². The molecule has 0 aromatic rings. The van der Waals surface area contributed by atoms with Crippen molar-refractivity contribution >= 4 is 16.2 Å². The number of hydrogen-bond donors (Lipinski definition) is 2. The summed E-state index contributed by atoms with van der Waals surface area (Å²) in [5.74, 6) is -0.976. The van der Waals surface area contributed by atoms with Crippen LogP contribution in [0.2, 0.25) is 0 Å². The van der Waals surface area contributed by atoms with Crippen molar-refractivity contribution in [1.82, 2.24) is 9.03 Å².